The van der Waals surface area contributed by atoms with Crippen molar-refractivity contribution in [2.45, 2.75) is 31.8 Å². The van der Waals surface area contributed by atoms with E-state index in [4.69, 9.17) is 15.9 Å². The second-order valence-corrected chi connectivity index (χ2v) is 9.62. The number of ether oxygens (including phenoxy) is 1. The molecule has 0 bridgehead atoms. The van der Waals surface area contributed by atoms with Gasteiger partial charge in [-0.3, -0.25) is 15.0 Å². The Balaban J connectivity index is 0.000000384. The van der Waals surface area contributed by atoms with Crippen molar-refractivity contribution in [3.63, 3.8) is 0 Å². The molecule has 10 nitrogen and oxygen atoms in total. The number of carbonyl (C=O) groups excluding carboxylic acids is 3. The zero-order chi connectivity index (χ0) is 27.9. The smallest absolute Gasteiger partial charge is 0.242 e. The predicted octanol–water partition coefficient (Wildman–Crippen LogP) is 2.20. The maximum Gasteiger partial charge on any atom is 0.242 e. The van der Waals surface area contributed by atoms with Crippen molar-refractivity contribution >= 4 is 35.3 Å². The van der Waals surface area contributed by atoms with Crippen molar-refractivity contribution in [1.82, 2.24) is 20.9 Å². The van der Waals surface area contributed by atoms with Crippen molar-refractivity contribution in [1.29, 1.82) is 5.41 Å². The molecule has 2 amide bonds. The van der Waals surface area contributed by atoms with Crippen molar-refractivity contribution in [3.05, 3.63) is 52.2 Å². The quantitative estimate of drug-likeness (QED) is 0.0982. The van der Waals surface area contributed by atoms with E-state index in [1.165, 1.54) is 9.78 Å². The van der Waals surface area contributed by atoms with Crippen LogP contribution >= 0.6 is 11.3 Å². The van der Waals surface area contributed by atoms with Gasteiger partial charge in [0, 0.05) is 40.7 Å². The molecule has 1 aromatic carbocycles. The van der Waals surface area contributed by atoms with Gasteiger partial charge in [-0.2, -0.15) is 0 Å². The average molecular weight is 553 g/mol. The van der Waals surface area contributed by atoms with Gasteiger partial charge in [0.15, 0.2) is 0 Å². The molecule has 5 N–H and O–H groups in total. The number of nitrogens with one attached hydrogen (secondary N) is 3. The molecule has 1 aromatic heterocycles. The van der Waals surface area contributed by atoms with Gasteiger partial charge in [0.05, 0.1) is 25.7 Å². The van der Waals surface area contributed by atoms with Crippen LogP contribution in [0.4, 0.5) is 8.96 Å². The Hall–Kier alpha value is -3.42. The van der Waals surface area contributed by atoms with E-state index in [2.05, 4.69) is 10.6 Å². The number of likely N-dealkylation sites (tertiary alicyclic amines) is 1. The van der Waals surface area contributed by atoms with Gasteiger partial charge in [0.25, 0.3) is 0 Å². The van der Waals surface area contributed by atoms with Gasteiger partial charge >= 0.3 is 0 Å². The molecule has 0 saturated carbocycles. The fraction of sp³-hybridized carbons (Fsp3) is 0.440. The highest BCUT2D eigenvalue weighted by Crippen LogP contribution is 2.23. The Morgan fingerprint density at radius 1 is 1.32 bits per heavy atom. The van der Waals surface area contributed by atoms with Crippen LogP contribution in [0.25, 0.3) is 0 Å². The molecule has 1 saturated heterocycles. The number of nitrogens with zero attached hydrogens (tertiary/aromatic N) is 2. The van der Waals surface area contributed by atoms with Gasteiger partial charge in [-0.15, -0.1) is 20.3 Å². The van der Waals surface area contributed by atoms with Gasteiger partial charge in [0.2, 0.25) is 11.8 Å². The summed E-state index contributed by atoms with van der Waals surface area (Å²) in [6, 6.07) is 10.4. The number of nitrogen functional groups attached to an aromatic ring is 1. The number of hydrogen-bond acceptors (Lipinski definition) is 8. The number of aldehydes is 1. The van der Waals surface area contributed by atoms with Gasteiger partial charge < -0.3 is 30.8 Å². The largest absolute Gasteiger partial charge is 0.494 e. The fourth-order valence-electron chi connectivity index (χ4n) is 3.79. The summed E-state index contributed by atoms with van der Waals surface area (Å²) in [5.41, 5.74) is 6.11. The lowest BCUT2D eigenvalue weighted by Crippen LogP contribution is -2.43. The number of nitrogens with two attached hydrogens (primary N) is 1. The van der Waals surface area contributed by atoms with Crippen LogP contribution < -0.4 is 21.1 Å². The van der Waals surface area contributed by atoms with Crippen LogP contribution in [0.1, 0.15) is 29.7 Å². The minimum atomic E-state index is -0.945. The summed E-state index contributed by atoms with van der Waals surface area (Å²) in [6.07, 6.45) is 1.46. The van der Waals surface area contributed by atoms with Crippen molar-refractivity contribution in [2.24, 2.45) is 11.7 Å². The number of benzene rings is 1. The van der Waals surface area contributed by atoms with E-state index in [0.29, 0.717) is 19.3 Å². The summed E-state index contributed by atoms with van der Waals surface area (Å²) in [4.78, 5) is 37.6. The molecule has 1 aliphatic heterocycles. The summed E-state index contributed by atoms with van der Waals surface area (Å²) >= 11 is 1.62. The first-order valence-corrected chi connectivity index (χ1v) is 13.0. The number of hydrogen-bond donors (Lipinski definition) is 4. The van der Waals surface area contributed by atoms with Crippen LogP contribution in [-0.4, -0.2) is 73.5 Å². The fourth-order valence-corrected chi connectivity index (χ4v) is 4.69. The van der Waals surface area contributed by atoms with Gasteiger partial charge in [-0.25, -0.2) is 0 Å². The normalized spacial score (nSPS) is 16.5. The lowest BCUT2D eigenvalue weighted by Gasteiger charge is -2.20. The van der Waals surface area contributed by atoms with Gasteiger partial charge in [0.1, 0.15) is 17.9 Å². The van der Waals surface area contributed by atoms with Crippen LogP contribution in [0.5, 0.6) is 5.75 Å². The molecule has 13 heteroatoms. The van der Waals surface area contributed by atoms with Crippen molar-refractivity contribution in [2.75, 3.05) is 33.3 Å². The molecule has 2 aromatic rings. The zero-order valence-electron chi connectivity index (χ0n) is 21.2. The molecule has 0 radical (unpaired) electrons. The summed E-state index contributed by atoms with van der Waals surface area (Å²) in [7, 11) is 1.90. The van der Waals surface area contributed by atoms with E-state index < -0.39 is 29.8 Å². The second-order valence-electron chi connectivity index (χ2n) is 8.62. The van der Waals surface area contributed by atoms with Crippen LogP contribution in [-0.2, 0) is 20.9 Å². The molecule has 0 spiro atoms. The third kappa shape index (κ3) is 10.9. The summed E-state index contributed by atoms with van der Waals surface area (Å²) in [6.45, 7) is 0.535. The maximum atomic E-state index is 12.3. The maximum absolute atomic E-state index is 12.3. The van der Waals surface area contributed by atoms with E-state index in [1.807, 2.05) is 48.8 Å². The molecule has 1 aliphatic rings. The Bertz CT molecular complexity index is 1040. The highest BCUT2D eigenvalue weighted by atomic mass is 32.1. The first-order chi connectivity index (χ1) is 18.2. The number of halogens is 2. The van der Waals surface area contributed by atoms with Crippen LogP contribution in [0, 0.1) is 11.3 Å². The van der Waals surface area contributed by atoms with E-state index in [-0.39, 0.29) is 37.7 Å². The molecular formula is C25H34F2N6O4S. The van der Waals surface area contributed by atoms with Gasteiger partial charge in [-0.1, -0.05) is 18.2 Å². The molecule has 0 aliphatic carbocycles. The van der Waals surface area contributed by atoms with Crippen molar-refractivity contribution < 1.29 is 28.1 Å². The molecule has 2 unspecified atom stereocenters. The molecule has 2 heterocycles. The number of amides is 2. The van der Waals surface area contributed by atoms with E-state index in [0.717, 1.165) is 17.9 Å². The molecule has 38 heavy (non-hydrogen) atoms. The molecule has 1 fully saturated rings. The molecule has 3 rings (SSSR count). The Morgan fingerprint density at radius 2 is 2.05 bits per heavy atom. The Kier molecular flexibility index (Phi) is 13.3. The topological polar surface area (TPSA) is 141 Å². The average Bonchev–Trinajstić information content (AvgIpc) is 3.53. The van der Waals surface area contributed by atoms with Crippen LogP contribution in [0.3, 0.4) is 0 Å². The summed E-state index contributed by atoms with van der Waals surface area (Å²) in [5, 5.41) is 13.6. The summed E-state index contributed by atoms with van der Waals surface area (Å²) < 4.78 is 30.1. The monoisotopic (exact) mass is 552 g/mol. The highest BCUT2D eigenvalue weighted by molar-refractivity contribution is 7.10. The first-order valence-electron chi connectivity index (χ1n) is 12.1. The number of para-hydroxylation sites is 1. The minimum absolute atomic E-state index is 0.0768. The Labute approximate surface area is 224 Å². The lowest BCUT2D eigenvalue weighted by molar-refractivity contribution is -0.161. The summed E-state index contributed by atoms with van der Waals surface area (Å²) in [5.74, 6) is -0.366. The SMILES string of the molecule is CNCc1cc(C(=N)N)cs1.O=CC1CC(CN(F)F)CN1C(=O)CNC(=O)CCCOc1ccccc1. The number of thiophene rings is 1. The first kappa shape index (κ1) is 30.8. The lowest BCUT2D eigenvalue weighted by atomic mass is 10.1. The van der Waals surface area contributed by atoms with Crippen LogP contribution in [0.2, 0.25) is 0 Å². The number of carbonyl (C=O) groups is 3. The third-order valence-electron chi connectivity index (χ3n) is 5.62. The highest BCUT2D eigenvalue weighted by Gasteiger charge is 2.36. The standard InChI is InChI=1S/C18H23F2N3O4.C7H11N3S/c19-23(20)12-14-9-15(13-24)22(11-14)18(26)10-21-17(25)7-4-8-27-16-5-2-1-3-6-16;1-10-3-6-2-5(4-11-6)7(8)9/h1-3,5-6,13-15H,4,7-12H2,(H,21,25);2,4,10H,3H2,1H3,(H3,8,9). The number of rotatable bonds is 13. The number of amidine groups is 1. The van der Waals surface area contributed by atoms with Gasteiger partial charge in [-0.05, 0) is 44.0 Å². The van der Waals surface area contributed by atoms with Crippen molar-refractivity contribution in [3.8, 4) is 5.75 Å². The minimum Gasteiger partial charge on any atom is -0.494 e. The van der Waals surface area contributed by atoms with E-state index in [1.54, 1.807) is 11.3 Å². The molecule has 2 atom stereocenters. The Morgan fingerprint density at radius 3 is 2.66 bits per heavy atom. The second kappa shape index (κ2) is 16.4. The third-order valence-corrected chi connectivity index (χ3v) is 6.55. The van der Waals surface area contributed by atoms with Crippen LogP contribution in [0.15, 0.2) is 41.8 Å². The van der Waals surface area contributed by atoms with E-state index in [9.17, 15) is 23.3 Å². The molecule has 208 valence electrons. The molecular weight excluding hydrogens is 518 g/mol. The predicted molar refractivity (Wildman–Crippen MR) is 141 cm³/mol. The van der Waals surface area contributed by atoms with E-state index >= 15 is 0 Å². The zero-order valence-corrected chi connectivity index (χ0v) is 22.0.